The highest BCUT2D eigenvalue weighted by molar-refractivity contribution is 5.88. The quantitative estimate of drug-likeness (QED) is 0.709. The number of nitrogens with one attached hydrogen (secondary N) is 1. The van der Waals surface area contributed by atoms with E-state index >= 15 is 0 Å². The zero-order valence-corrected chi connectivity index (χ0v) is 15.2. The molecule has 3 rings (SSSR count). The smallest absolute Gasteiger partial charge is 0.164 e. The van der Waals surface area contributed by atoms with E-state index in [0.29, 0.717) is 11.5 Å². The Hall–Kier alpha value is -2.95. The number of aromatic amines is 1. The lowest BCUT2D eigenvalue weighted by Crippen LogP contribution is -2.25. The van der Waals surface area contributed by atoms with E-state index in [1.165, 1.54) is 5.56 Å². The topological polar surface area (TPSA) is 74.4 Å². The lowest BCUT2D eigenvalue weighted by Gasteiger charge is -2.22. The van der Waals surface area contributed by atoms with Gasteiger partial charge in [0.05, 0.1) is 14.2 Å². The van der Waals surface area contributed by atoms with Crippen molar-refractivity contribution in [3.05, 3.63) is 59.3 Å². The van der Waals surface area contributed by atoms with Crippen LogP contribution in [0.4, 0.5) is 0 Å². The van der Waals surface area contributed by atoms with Gasteiger partial charge in [-0.05, 0) is 30.0 Å². The average molecular weight is 352 g/mol. The molecule has 0 saturated carbocycles. The second kappa shape index (κ2) is 7.52. The monoisotopic (exact) mass is 352 g/mol. The van der Waals surface area contributed by atoms with Crippen LogP contribution in [0.1, 0.15) is 36.0 Å². The van der Waals surface area contributed by atoms with Gasteiger partial charge in [-0.3, -0.25) is 0 Å². The van der Waals surface area contributed by atoms with E-state index in [0.717, 1.165) is 28.5 Å². The number of ether oxygens (including phenoxy) is 2. The number of fused-ring (bicyclic) bond motifs is 1. The molecule has 136 valence electrons. The summed E-state index contributed by atoms with van der Waals surface area (Å²) in [5, 5.41) is 12.5. The zero-order valence-electron chi connectivity index (χ0n) is 15.2. The largest absolute Gasteiger partial charge is 0.550 e. The van der Waals surface area contributed by atoms with E-state index in [1.807, 2.05) is 30.5 Å². The Morgan fingerprint density at radius 3 is 2.54 bits per heavy atom. The Kier molecular flexibility index (Phi) is 5.16. The van der Waals surface area contributed by atoms with Crippen molar-refractivity contribution in [2.45, 2.75) is 25.7 Å². The molecule has 1 N–H and O–H groups in total. The summed E-state index contributed by atoms with van der Waals surface area (Å²) in [5.74, 6) is -0.406. The van der Waals surface area contributed by atoms with Crippen molar-refractivity contribution in [3.8, 4) is 11.5 Å². The zero-order chi connectivity index (χ0) is 18.7. The number of aromatic nitrogens is 1. The van der Waals surface area contributed by atoms with E-state index in [1.54, 1.807) is 20.3 Å². The van der Waals surface area contributed by atoms with Crippen molar-refractivity contribution in [1.29, 1.82) is 0 Å². The number of hydrogen-bond donors (Lipinski definition) is 1. The standard InChI is InChI=1S/C21H23NO4/c1-4-13-7-5-8-14-17(12-22-20(13)14)16(11-19(23)24)15-9-6-10-18(25-2)21(15)26-3/h5-10,12,16,22H,4,11H2,1-3H3,(H,23,24)/p-1/t16-/m0/s1. The Bertz CT molecular complexity index is 929. The highest BCUT2D eigenvalue weighted by atomic mass is 16.5. The maximum Gasteiger partial charge on any atom is 0.164 e. The van der Waals surface area contributed by atoms with Crippen LogP contribution in [0, 0.1) is 0 Å². The third-order valence-corrected chi connectivity index (χ3v) is 4.77. The third kappa shape index (κ3) is 3.12. The number of carboxylic acid groups (broad SMARTS) is 1. The lowest BCUT2D eigenvalue weighted by atomic mass is 9.87. The third-order valence-electron chi connectivity index (χ3n) is 4.77. The maximum atomic E-state index is 11.5. The Balaban J connectivity index is 2.22. The normalized spacial score (nSPS) is 12.1. The molecule has 0 aliphatic carbocycles. The van der Waals surface area contributed by atoms with Crippen LogP contribution in [0.5, 0.6) is 11.5 Å². The van der Waals surface area contributed by atoms with E-state index in [-0.39, 0.29) is 6.42 Å². The van der Waals surface area contributed by atoms with E-state index in [4.69, 9.17) is 9.47 Å². The summed E-state index contributed by atoms with van der Waals surface area (Å²) in [4.78, 5) is 14.8. The highest BCUT2D eigenvalue weighted by Crippen LogP contribution is 2.42. The molecular weight excluding hydrogens is 330 g/mol. The number of carbonyl (C=O) groups excluding carboxylic acids is 1. The van der Waals surface area contributed by atoms with Crippen LogP contribution >= 0.6 is 0 Å². The van der Waals surface area contributed by atoms with Gasteiger partial charge in [-0.25, -0.2) is 0 Å². The van der Waals surface area contributed by atoms with Crippen molar-refractivity contribution in [1.82, 2.24) is 4.98 Å². The number of aliphatic carboxylic acids is 1. The number of para-hydroxylation sites is 2. The van der Waals surface area contributed by atoms with Crippen molar-refractivity contribution in [2.75, 3.05) is 14.2 Å². The molecule has 0 radical (unpaired) electrons. The van der Waals surface area contributed by atoms with Crippen molar-refractivity contribution in [3.63, 3.8) is 0 Å². The molecule has 3 aromatic rings. The average Bonchev–Trinajstić information content (AvgIpc) is 3.09. The number of benzene rings is 2. The van der Waals surface area contributed by atoms with Crippen LogP contribution in [0.2, 0.25) is 0 Å². The van der Waals surface area contributed by atoms with Gasteiger partial charge in [0.2, 0.25) is 0 Å². The molecule has 0 spiro atoms. The first kappa shape index (κ1) is 17.9. The number of carboxylic acids is 1. The summed E-state index contributed by atoms with van der Waals surface area (Å²) in [6.07, 6.45) is 2.63. The SMILES string of the molecule is CCc1cccc2c([C@@H](CC(=O)[O-])c3cccc(OC)c3OC)c[nH]c12. The molecule has 5 nitrogen and oxygen atoms in total. The minimum absolute atomic E-state index is 0.146. The first-order chi connectivity index (χ1) is 12.6. The summed E-state index contributed by atoms with van der Waals surface area (Å²) >= 11 is 0. The molecule has 0 saturated heterocycles. The molecule has 0 aliphatic rings. The molecule has 5 heteroatoms. The molecule has 0 bridgehead atoms. The fourth-order valence-corrected chi connectivity index (χ4v) is 3.56. The fourth-order valence-electron chi connectivity index (χ4n) is 3.56. The van der Waals surface area contributed by atoms with Crippen molar-refractivity contribution >= 4 is 16.9 Å². The molecule has 2 aromatic carbocycles. The second-order valence-corrected chi connectivity index (χ2v) is 6.15. The van der Waals surface area contributed by atoms with Crippen LogP contribution in [-0.2, 0) is 11.2 Å². The van der Waals surface area contributed by atoms with E-state index in [9.17, 15) is 9.90 Å². The molecule has 1 atom stereocenters. The summed E-state index contributed by atoms with van der Waals surface area (Å²) in [5.41, 5.74) is 3.90. The minimum Gasteiger partial charge on any atom is -0.550 e. The molecule has 0 aliphatic heterocycles. The van der Waals surface area contributed by atoms with Gasteiger partial charge >= 0.3 is 0 Å². The van der Waals surface area contributed by atoms with E-state index in [2.05, 4.69) is 18.0 Å². The van der Waals surface area contributed by atoms with Gasteiger partial charge in [0.15, 0.2) is 11.5 Å². The summed E-state index contributed by atoms with van der Waals surface area (Å²) < 4.78 is 10.9. The summed E-state index contributed by atoms with van der Waals surface area (Å²) in [6.45, 7) is 2.10. The van der Waals surface area contributed by atoms with Gasteiger partial charge < -0.3 is 24.4 Å². The van der Waals surface area contributed by atoms with Gasteiger partial charge in [-0.15, -0.1) is 0 Å². The number of hydrogen-bond acceptors (Lipinski definition) is 4. The fraction of sp³-hybridized carbons (Fsp3) is 0.286. The number of rotatable bonds is 7. The Labute approximate surface area is 152 Å². The van der Waals surface area contributed by atoms with Crippen molar-refractivity contribution < 1.29 is 19.4 Å². The van der Waals surface area contributed by atoms with Crippen molar-refractivity contribution in [2.24, 2.45) is 0 Å². The number of aryl methyl sites for hydroxylation is 1. The molecule has 1 aromatic heterocycles. The Morgan fingerprint density at radius 1 is 1.12 bits per heavy atom. The highest BCUT2D eigenvalue weighted by Gasteiger charge is 2.24. The number of carbonyl (C=O) groups is 1. The van der Waals surface area contributed by atoms with Gasteiger partial charge in [0.1, 0.15) is 0 Å². The molecular formula is C21H22NO4-. The van der Waals surface area contributed by atoms with Gasteiger partial charge in [-0.2, -0.15) is 0 Å². The first-order valence-electron chi connectivity index (χ1n) is 8.60. The van der Waals surface area contributed by atoms with Crippen LogP contribution in [0.25, 0.3) is 10.9 Å². The van der Waals surface area contributed by atoms with E-state index < -0.39 is 11.9 Å². The molecule has 0 amide bonds. The minimum atomic E-state index is -1.11. The van der Waals surface area contributed by atoms with Gasteiger partial charge in [0, 0.05) is 34.6 Å². The summed E-state index contributed by atoms with van der Waals surface area (Å²) in [6, 6.07) is 11.6. The Morgan fingerprint density at radius 2 is 1.88 bits per heavy atom. The molecule has 0 fully saturated rings. The summed E-state index contributed by atoms with van der Waals surface area (Å²) in [7, 11) is 3.12. The molecule has 0 unspecified atom stereocenters. The number of methoxy groups -OCH3 is 2. The predicted octanol–water partition coefficient (Wildman–Crippen LogP) is 3.02. The van der Waals surface area contributed by atoms with Crippen LogP contribution in [0.3, 0.4) is 0 Å². The second-order valence-electron chi connectivity index (χ2n) is 6.15. The number of H-pyrrole nitrogens is 1. The van der Waals surface area contributed by atoms with Gasteiger partial charge in [-0.1, -0.05) is 37.3 Å². The predicted molar refractivity (Wildman–Crippen MR) is 98.7 cm³/mol. The van der Waals surface area contributed by atoms with Gasteiger partial charge in [0.25, 0.3) is 0 Å². The van der Waals surface area contributed by atoms with Crippen LogP contribution < -0.4 is 14.6 Å². The molecule has 26 heavy (non-hydrogen) atoms. The van der Waals surface area contributed by atoms with Crippen LogP contribution in [-0.4, -0.2) is 25.2 Å². The molecule has 1 heterocycles. The maximum absolute atomic E-state index is 11.5. The van der Waals surface area contributed by atoms with Crippen LogP contribution in [0.15, 0.2) is 42.6 Å². The lowest BCUT2D eigenvalue weighted by molar-refractivity contribution is -0.305. The first-order valence-corrected chi connectivity index (χ1v) is 8.60.